The molecule has 1 aromatic carbocycles. The quantitative estimate of drug-likeness (QED) is 0.557. The van der Waals surface area contributed by atoms with Crippen molar-refractivity contribution in [3.05, 3.63) is 35.4 Å². The SMILES string of the molecule is CCCCc1ccc(C=NCC(=N)N)cc1. The molecule has 0 aliphatic carbocycles. The number of rotatable bonds is 6. The zero-order valence-corrected chi connectivity index (χ0v) is 9.74. The van der Waals surface area contributed by atoms with Crippen molar-refractivity contribution in [3.63, 3.8) is 0 Å². The third kappa shape index (κ3) is 4.73. The van der Waals surface area contributed by atoms with Crippen LogP contribution < -0.4 is 5.73 Å². The number of unbranched alkanes of at least 4 members (excludes halogenated alkanes) is 1. The molecule has 3 N–H and O–H groups in total. The number of nitrogens with zero attached hydrogens (tertiary/aromatic N) is 1. The summed E-state index contributed by atoms with van der Waals surface area (Å²) in [6, 6.07) is 8.36. The highest BCUT2D eigenvalue weighted by Crippen LogP contribution is 2.06. The summed E-state index contributed by atoms with van der Waals surface area (Å²) in [5, 5.41) is 7.03. The smallest absolute Gasteiger partial charge is 0.113 e. The van der Waals surface area contributed by atoms with E-state index in [0.29, 0.717) is 0 Å². The number of aryl methyl sites for hydroxylation is 1. The molecule has 16 heavy (non-hydrogen) atoms. The van der Waals surface area contributed by atoms with Gasteiger partial charge in [-0.15, -0.1) is 0 Å². The minimum absolute atomic E-state index is 0.0933. The zero-order valence-electron chi connectivity index (χ0n) is 9.74. The third-order valence-corrected chi connectivity index (χ3v) is 2.30. The second kappa shape index (κ2) is 6.77. The maximum absolute atomic E-state index is 7.03. The average molecular weight is 217 g/mol. The number of nitrogens with two attached hydrogens (primary N) is 1. The van der Waals surface area contributed by atoms with Crippen molar-refractivity contribution in [2.24, 2.45) is 10.7 Å². The molecule has 0 aliphatic rings. The average Bonchev–Trinajstić information content (AvgIpc) is 2.27. The molecular weight excluding hydrogens is 198 g/mol. The summed E-state index contributed by atoms with van der Waals surface area (Å²) in [7, 11) is 0. The van der Waals surface area contributed by atoms with E-state index in [4.69, 9.17) is 11.1 Å². The van der Waals surface area contributed by atoms with Crippen LogP contribution >= 0.6 is 0 Å². The first-order chi connectivity index (χ1) is 7.72. The van der Waals surface area contributed by atoms with Crippen molar-refractivity contribution in [3.8, 4) is 0 Å². The Morgan fingerprint density at radius 2 is 2.06 bits per heavy atom. The van der Waals surface area contributed by atoms with Gasteiger partial charge in [-0.3, -0.25) is 10.4 Å². The first-order valence-corrected chi connectivity index (χ1v) is 5.64. The van der Waals surface area contributed by atoms with E-state index >= 15 is 0 Å². The summed E-state index contributed by atoms with van der Waals surface area (Å²) in [4.78, 5) is 4.06. The molecule has 0 aromatic heterocycles. The maximum Gasteiger partial charge on any atom is 0.113 e. The largest absolute Gasteiger partial charge is 0.386 e. The van der Waals surface area contributed by atoms with E-state index in [1.165, 1.54) is 18.4 Å². The standard InChI is InChI=1S/C13H19N3/c1-2-3-4-11-5-7-12(8-6-11)9-16-10-13(14)15/h5-9H,2-4,10H2,1H3,(H3,14,15). The summed E-state index contributed by atoms with van der Waals surface area (Å²) in [6.07, 6.45) is 5.35. The van der Waals surface area contributed by atoms with Gasteiger partial charge in [-0.25, -0.2) is 0 Å². The molecule has 0 bridgehead atoms. The number of amidine groups is 1. The third-order valence-electron chi connectivity index (χ3n) is 2.30. The summed E-state index contributed by atoms with van der Waals surface area (Å²) >= 11 is 0. The summed E-state index contributed by atoms with van der Waals surface area (Å²) in [6.45, 7) is 2.47. The fourth-order valence-electron chi connectivity index (χ4n) is 1.40. The minimum atomic E-state index is 0.0933. The van der Waals surface area contributed by atoms with Crippen molar-refractivity contribution in [2.45, 2.75) is 26.2 Å². The highest BCUT2D eigenvalue weighted by Gasteiger charge is 1.92. The molecule has 0 aliphatic heterocycles. The van der Waals surface area contributed by atoms with E-state index in [1.807, 2.05) is 0 Å². The minimum Gasteiger partial charge on any atom is -0.386 e. The Bertz CT molecular complexity index is 352. The van der Waals surface area contributed by atoms with E-state index in [1.54, 1.807) is 6.21 Å². The molecule has 0 amide bonds. The number of benzene rings is 1. The van der Waals surface area contributed by atoms with Gasteiger partial charge in [-0.1, -0.05) is 37.6 Å². The molecule has 0 radical (unpaired) electrons. The molecule has 1 rings (SSSR count). The molecule has 0 heterocycles. The van der Waals surface area contributed by atoms with Crippen LogP contribution in [-0.2, 0) is 6.42 Å². The monoisotopic (exact) mass is 217 g/mol. The predicted octanol–water partition coefficient (Wildman–Crippen LogP) is 2.38. The molecular formula is C13H19N3. The fraction of sp³-hybridized carbons (Fsp3) is 0.385. The number of hydrogen-bond donors (Lipinski definition) is 2. The Balaban J connectivity index is 2.50. The van der Waals surface area contributed by atoms with Gasteiger partial charge in [0.25, 0.3) is 0 Å². The molecule has 1 aromatic rings. The zero-order chi connectivity index (χ0) is 11.8. The van der Waals surface area contributed by atoms with Gasteiger partial charge in [-0.05, 0) is 24.0 Å². The van der Waals surface area contributed by atoms with Gasteiger partial charge < -0.3 is 5.73 Å². The molecule has 0 unspecified atom stereocenters. The Labute approximate surface area is 96.9 Å². The highest BCUT2D eigenvalue weighted by molar-refractivity contribution is 5.84. The Morgan fingerprint density at radius 1 is 1.38 bits per heavy atom. The van der Waals surface area contributed by atoms with E-state index in [-0.39, 0.29) is 12.4 Å². The molecule has 0 saturated heterocycles. The van der Waals surface area contributed by atoms with E-state index in [9.17, 15) is 0 Å². The van der Waals surface area contributed by atoms with Crippen LogP contribution in [0.5, 0.6) is 0 Å². The molecule has 0 spiro atoms. The lowest BCUT2D eigenvalue weighted by atomic mass is 10.1. The Morgan fingerprint density at radius 3 is 2.62 bits per heavy atom. The van der Waals surface area contributed by atoms with Crippen LogP contribution in [0.2, 0.25) is 0 Å². The van der Waals surface area contributed by atoms with Crippen LogP contribution in [0.3, 0.4) is 0 Å². The van der Waals surface area contributed by atoms with Crippen LogP contribution in [0.25, 0.3) is 0 Å². The van der Waals surface area contributed by atoms with Crippen molar-refractivity contribution < 1.29 is 0 Å². The molecule has 0 atom stereocenters. The normalized spacial score (nSPS) is 10.8. The van der Waals surface area contributed by atoms with Gasteiger partial charge in [0.1, 0.15) is 5.84 Å². The summed E-state index contributed by atoms with van der Waals surface area (Å²) in [5.41, 5.74) is 7.63. The van der Waals surface area contributed by atoms with Gasteiger partial charge in [0.15, 0.2) is 0 Å². The lowest BCUT2D eigenvalue weighted by molar-refractivity contribution is 0.795. The topological polar surface area (TPSA) is 62.2 Å². The van der Waals surface area contributed by atoms with Gasteiger partial charge in [0.05, 0.1) is 6.54 Å². The molecule has 3 nitrogen and oxygen atoms in total. The lowest BCUT2D eigenvalue weighted by Gasteiger charge is -2.00. The number of nitrogens with one attached hydrogen (secondary N) is 1. The molecule has 0 fully saturated rings. The van der Waals surface area contributed by atoms with Gasteiger partial charge >= 0.3 is 0 Å². The predicted molar refractivity (Wildman–Crippen MR) is 69.4 cm³/mol. The van der Waals surface area contributed by atoms with Gasteiger partial charge in [0.2, 0.25) is 0 Å². The first kappa shape index (κ1) is 12.4. The van der Waals surface area contributed by atoms with Crippen LogP contribution in [0.1, 0.15) is 30.9 Å². The maximum atomic E-state index is 7.03. The molecule has 3 heteroatoms. The Kier molecular flexibility index (Phi) is 5.26. The molecule has 86 valence electrons. The fourth-order valence-corrected chi connectivity index (χ4v) is 1.40. The second-order valence-electron chi connectivity index (χ2n) is 3.84. The highest BCUT2D eigenvalue weighted by atomic mass is 14.8. The van der Waals surface area contributed by atoms with Crippen molar-refractivity contribution in [1.29, 1.82) is 5.41 Å². The van der Waals surface area contributed by atoms with Crippen LogP contribution in [0.4, 0.5) is 0 Å². The van der Waals surface area contributed by atoms with Gasteiger partial charge in [0, 0.05) is 6.21 Å². The van der Waals surface area contributed by atoms with E-state index in [0.717, 1.165) is 12.0 Å². The van der Waals surface area contributed by atoms with Crippen LogP contribution in [0, 0.1) is 5.41 Å². The summed E-state index contributed by atoms with van der Waals surface area (Å²) < 4.78 is 0. The molecule has 0 saturated carbocycles. The van der Waals surface area contributed by atoms with E-state index in [2.05, 4.69) is 36.2 Å². The van der Waals surface area contributed by atoms with Crippen molar-refractivity contribution in [1.82, 2.24) is 0 Å². The summed E-state index contributed by atoms with van der Waals surface area (Å²) in [5.74, 6) is 0.0933. The number of hydrogen-bond acceptors (Lipinski definition) is 2. The van der Waals surface area contributed by atoms with Crippen molar-refractivity contribution in [2.75, 3.05) is 6.54 Å². The van der Waals surface area contributed by atoms with Gasteiger partial charge in [-0.2, -0.15) is 0 Å². The number of aliphatic imine (C=N–C) groups is 1. The second-order valence-corrected chi connectivity index (χ2v) is 3.84. The van der Waals surface area contributed by atoms with Crippen molar-refractivity contribution >= 4 is 12.1 Å². The van der Waals surface area contributed by atoms with Crippen LogP contribution in [0.15, 0.2) is 29.3 Å². The first-order valence-electron chi connectivity index (χ1n) is 5.64. The van der Waals surface area contributed by atoms with E-state index < -0.39 is 0 Å². The van der Waals surface area contributed by atoms with Crippen LogP contribution in [-0.4, -0.2) is 18.6 Å². The Hall–Kier alpha value is -1.64. The lowest BCUT2D eigenvalue weighted by Crippen LogP contribution is -2.12.